The van der Waals surface area contributed by atoms with E-state index in [1.54, 1.807) is 0 Å². The lowest BCUT2D eigenvalue weighted by Crippen LogP contribution is -2.43. The van der Waals surface area contributed by atoms with E-state index >= 15 is 0 Å². The number of allylic oxidation sites excluding steroid dienone is 1. The first-order chi connectivity index (χ1) is 9.99. The van der Waals surface area contributed by atoms with E-state index in [0.29, 0.717) is 0 Å². The maximum Gasteiger partial charge on any atom is 0.247 e. The number of aryl methyl sites for hydroxylation is 1. The molecule has 0 fully saturated rings. The molecule has 0 bridgehead atoms. The molecule has 1 aliphatic rings. The Balaban J connectivity index is 1.92. The third kappa shape index (κ3) is 2.46. The molecule has 110 valence electrons. The minimum atomic E-state index is -0.506. The average Bonchev–Trinajstić information content (AvgIpc) is 3.07. The van der Waals surface area contributed by atoms with Crippen LogP contribution in [-0.4, -0.2) is 15.5 Å². The largest absolute Gasteiger partial charge is 0.340 e. The molecule has 0 radical (unpaired) electrons. The van der Waals surface area contributed by atoms with E-state index in [9.17, 15) is 4.79 Å². The second kappa shape index (κ2) is 5.02. The van der Waals surface area contributed by atoms with Crippen molar-refractivity contribution in [2.75, 3.05) is 0 Å². The summed E-state index contributed by atoms with van der Waals surface area (Å²) >= 11 is 0. The second-order valence-electron chi connectivity index (χ2n) is 6.18. The molecule has 0 saturated carbocycles. The summed E-state index contributed by atoms with van der Waals surface area (Å²) in [6.45, 7) is 4.00. The van der Waals surface area contributed by atoms with E-state index in [0.717, 1.165) is 41.7 Å². The fraction of sp³-hybridized carbons (Fsp3) is 0.412. The maximum absolute atomic E-state index is 12.3. The highest BCUT2D eigenvalue weighted by molar-refractivity contribution is 5.94. The number of hydrogen-bond acceptors (Lipinski definition) is 2. The third-order valence-corrected chi connectivity index (χ3v) is 4.10. The van der Waals surface area contributed by atoms with Gasteiger partial charge >= 0.3 is 0 Å². The van der Waals surface area contributed by atoms with Crippen LogP contribution in [-0.2, 0) is 17.4 Å². The second-order valence-corrected chi connectivity index (χ2v) is 6.18. The van der Waals surface area contributed by atoms with Crippen LogP contribution in [0.1, 0.15) is 38.9 Å². The highest BCUT2D eigenvalue weighted by Gasteiger charge is 2.29. The van der Waals surface area contributed by atoms with E-state index in [1.807, 2.05) is 51.2 Å². The van der Waals surface area contributed by atoms with Crippen molar-refractivity contribution in [2.24, 2.45) is 7.05 Å². The first-order valence-corrected chi connectivity index (χ1v) is 7.42. The summed E-state index contributed by atoms with van der Waals surface area (Å²) in [5.74, 6) is 0.903. The molecular formula is C17H21N3O. The van der Waals surface area contributed by atoms with Gasteiger partial charge in [-0.25, -0.2) is 4.98 Å². The van der Waals surface area contributed by atoms with Gasteiger partial charge in [0.05, 0.1) is 16.6 Å². The zero-order chi connectivity index (χ0) is 15.0. The van der Waals surface area contributed by atoms with Crippen LogP contribution >= 0.6 is 0 Å². The molecule has 4 heteroatoms. The molecule has 4 nitrogen and oxygen atoms in total. The normalized spacial score (nSPS) is 15.3. The molecule has 21 heavy (non-hydrogen) atoms. The Morgan fingerprint density at radius 1 is 1.33 bits per heavy atom. The summed E-state index contributed by atoms with van der Waals surface area (Å²) in [5, 5.41) is 3.13. The van der Waals surface area contributed by atoms with Crippen LogP contribution in [0, 0.1) is 0 Å². The Morgan fingerprint density at radius 2 is 2.10 bits per heavy atom. The Labute approximate surface area is 124 Å². The van der Waals surface area contributed by atoms with Gasteiger partial charge in [0.2, 0.25) is 5.91 Å². The van der Waals surface area contributed by atoms with Gasteiger partial charge < -0.3 is 9.88 Å². The number of carbonyl (C=O) groups excluding carboxylic acids is 1. The van der Waals surface area contributed by atoms with E-state index < -0.39 is 5.54 Å². The molecule has 1 aromatic carbocycles. The highest BCUT2D eigenvalue weighted by Crippen LogP contribution is 2.25. The molecular weight excluding hydrogens is 262 g/mol. The number of carbonyl (C=O) groups is 1. The van der Waals surface area contributed by atoms with Crippen molar-refractivity contribution in [2.45, 2.75) is 38.6 Å². The van der Waals surface area contributed by atoms with Crippen LogP contribution < -0.4 is 5.32 Å². The average molecular weight is 283 g/mol. The molecule has 0 saturated heterocycles. The van der Waals surface area contributed by atoms with Crippen LogP contribution in [0.25, 0.3) is 11.0 Å². The van der Waals surface area contributed by atoms with Crippen molar-refractivity contribution < 1.29 is 4.79 Å². The summed E-state index contributed by atoms with van der Waals surface area (Å²) in [4.78, 5) is 17.0. The zero-order valence-electron chi connectivity index (χ0n) is 12.8. The van der Waals surface area contributed by atoms with Crippen LogP contribution in [0.2, 0.25) is 0 Å². The van der Waals surface area contributed by atoms with Crippen molar-refractivity contribution in [1.82, 2.24) is 14.9 Å². The predicted octanol–water partition coefficient (Wildman–Crippen LogP) is 3.03. The number of nitrogens with zero attached hydrogens (tertiary/aromatic N) is 2. The van der Waals surface area contributed by atoms with Crippen molar-refractivity contribution in [1.29, 1.82) is 0 Å². The minimum absolute atomic E-state index is 0.0320. The molecule has 1 aromatic heterocycles. The Hall–Kier alpha value is -2.10. The monoisotopic (exact) mass is 283 g/mol. The van der Waals surface area contributed by atoms with E-state index in [-0.39, 0.29) is 5.91 Å². The number of rotatable bonds is 3. The van der Waals surface area contributed by atoms with Crippen LogP contribution in [0.4, 0.5) is 0 Å². The van der Waals surface area contributed by atoms with E-state index in [4.69, 9.17) is 4.98 Å². The molecule has 0 unspecified atom stereocenters. The topological polar surface area (TPSA) is 46.9 Å². The van der Waals surface area contributed by atoms with Crippen LogP contribution in [0.5, 0.6) is 0 Å². The van der Waals surface area contributed by atoms with Gasteiger partial charge in [-0.2, -0.15) is 0 Å². The number of imidazole rings is 1. The fourth-order valence-electron chi connectivity index (χ4n) is 3.00. The number of nitrogens with one attached hydrogen (secondary N) is 1. The lowest BCUT2D eigenvalue weighted by atomic mass is 10.0. The van der Waals surface area contributed by atoms with Crippen LogP contribution in [0.3, 0.4) is 0 Å². The first-order valence-electron chi connectivity index (χ1n) is 7.42. The summed E-state index contributed by atoms with van der Waals surface area (Å²) in [5.41, 5.74) is 2.43. The summed E-state index contributed by atoms with van der Waals surface area (Å²) in [7, 11) is 1.99. The Kier molecular flexibility index (Phi) is 3.32. The summed E-state index contributed by atoms with van der Waals surface area (Å²) in [6, 6.07) is 8.02. The molecule has 1 amide bonds. The van der Waals surface area contributed by atoms with E-state index in [2.05, 4.69) is 9.88 Å². The van der Waals surface area contributed by atoms with Gasteiger partial charge in [0, 0.05) is 12.6 Å². The van der Waals surface area contributed by atoms with Crippen molar-refractivity contribution in [3.63, 3.8) is 0 Å². The molecule has 3 rings (SSSR count). The molecule has 1 heterocycles. The molecule has 2 aromatic rings. The molecule has 0 atom stereocenters. The Bertz CT molecular complexity index is 725. The van der Waals surface area contributed by atoms with Gasteiger partial charge in [-0.1, -0.05) is 18.2 Å². The number of para-hydroxylation sites is 2. The molecule has 0 aliphatic heterocycles. The van der Waals surface area contributed by atoms with Crippen molar-refractivity contribution >= 4 is 16.9 Å². The first kappa shape index (κ1) is 13.9. The van der Waals surface area contributed by atoms with Gasteiger partial charge in [0.25, 0.3) is 0 Å². The lowest BCUT2D eigenvalue weighted by molar-refractivity contribution is -0.119. The van der Waals surface area contributed by atoms with Crippen molar-refractivity contribution in [3.05, 3.63) is 41.7 Å². The number of amides is 1. The van der Waals surface area contributed by atoms with Gasteiger partial charge in [0.1, 0.15) is 5.82 Å². The highest BCUT2D eigenvalue weighted by atomic mass is 16.1. The van der Waals surface area contributed by atoms with Crippen molar-refractivity contribution in [3.8, 4) is 0 Å². The summed E-state index contributed by atoms with van der Waals surface area (Å²) in [6.07, 6.45) is 5.01. The van der Waals surface area contributed by atoms with Gasteiger partial charge in [-0.05, 0) is 45.2 Å². The summed E-state index contributed by atoms with van der Waals surface area (Å²) < 4.78 is 2.05. The number of fused-ring (bicyclic) bond motifs is 1. The smallest absolute Gasteiger partial charge is 0.247 e. The maximum atomic E-state index is 12.3. The number of hydrogen-bond donors (Lipinski definition) is 1. The minimum Gasteiger partial charge on any atom is -0.340 e. The predicted molar refractivity (Wildman–Crippen MR) is 83.8 cm³/mol. The quantitative estimate of drug-likeness (QED) is 0.941. The molecule has 0 spiro atoms. The lowest BCUT2D eigenvalue weighted by Gasteiger charge is -2.26. The van der Waals surface area contributed by atoms with Gasteiger partial charge in [-0.15, -0.1) is 0 Å². The molecule has 1 N–H and O–H groups in total. The number of aromatic nitrogens is 2. The standard InChI is InChI=1S/C17H21N3O/c1-17(2,19-15(21)12-8-4-5-9-12)16-18-13-10-6-7-11-14(13)20(16)3/h6-8,10-11H,4-5,9H2,1-3H3,(H,19,21). The third-order valence-electron chi connectivity index (χ3n) is 4.10. The molecule has 1 aliphatic carbocycles. The SMILES string of the molecule is Cn1c(C(C)(C)NC(=O)C2=CCCC2)nc2ccccc21. The number of benzene rings is 1. The zero-order valence-corrected chi connectivity index (χ0v) is 12.8. The fourth-order valence-corrected chi connectivity index (χ4v) is 3.00. The van der Waals surface area contributed by atoms with E-state index in [1.165, 1.54) is 0 Å². The van der Waals surface area contributed by atoms with Gasteiger partial charge in [-0.3, -0.25) is 4.79 Å². The van der Waals surface area contributed by atoms with Gasteiger partial charge in [0.15, 0.2) is 0 Å². The van der Waals surface area contributed by atoms with Crippen LogP contribution in [0.15, 0.2) is 35.9 Å². The Morgan fingerprint density at radius 3 is 2.76 bits per heavy atom.